The SMILES string of the molecule is N#Cc1cc(F)cc(C#CC=O)c1. The molecule has 0 bridgehead atoms. The molecule has 62 valence electrons. The molecular formula is C10H4FNO. The molecule has 0 spiro atoms. The lowest BCUT2D eigenvalue weighted by Crippen LogP contribution is -1.83. The predicted octanol–water partition coefficient (Wildman–Crippen LogP) is 1.25. The van der Waals surface area contributed by atoms with Crippen LogP contribution < -0.4 is 0 Å². The lowest BCUT2D eigenvalue weighted by atomic mass is 10.1. The van der Waals surface area contributed by atoms with Gasteiger partial charge < -0.3 is 0 Å². The van der Waals surface area contributed by atoms with Gasteiger partial charge in [-0.2, -0.15) is 5.26 Å². The summed E-state index contributed by atoms with van der Waals surface area (Å²) in [6.07, 6.45) is 0.414. The van der Waals surface area contributed by atoms with Gasteiger partial charge in [0.05, 0.1) is 11.6 Å². The summed E-state index contributed by atoms with van der Waals surface area (Å²) in [6, 6.07) is 5.47. The highest BCUT2D eigenvalue weighted by molar-refractivity contribution is 5.74. The minimum absolute atomic E-state index is 0.190. The van der Waals surface area contributed by atoms with Gasteiger partial charge in [0.2, 0.25) is 0 Å². The van der Waals surface area contributed by atoms with Crippen LogP contribution in [-0.4, -0.2) is 6.29 Å². The Balaban J connectivity index is 3.17. The van der Waals surface area contributed by atoms with Crippen LogP contribution in [-0.2, 0) is 4.79 Å². The maximum Gasteiger partial charge on any atom is 0.193 e. The Morgan fingerprint density at radius 1 is 1.31 bits per heavy atom. The Labute approximate surface area is 74.6 Å². The number of halogens is 1. The largest absolute Gasteiger partial charge is 0.289 e. The molecule has 0 fully saturated rings. The summed E-state index contributed by atoms with van der Waals surface area (Å²) >= 11 is 0. The van der Waals surface area contributed by atoms with Gasteiger partial charge in [0.15, 0.2) is 6.29 Å². The van der Waals surface area contributed by atoms with Crippen molar-refractivity contribution in [3.63, 3.8) is 0 Å². The van der Waals surface area contributed by atoms with Crippen LogP contribution >= 0.6 is 0 Å². The van der Waals surface area contributed by atoms with Crippen LogP contribution in [0.3, 0.4) is 0 Å². The molecule has 0 saturated heterocycles. The molecule has 0 heterocycles. The van der Waals surface area contributed by atoms with E-state index in [1.165, 1.54) is 6.07 Å². The predicted molar refractivity (Wildman–Crippen MR) is 44.1 cm³/mol. The fourth-order valence-electron chi connectivity index (χ4n) is 0.839. The summed E-state index contributed by atoms with van der Waals surface area (Å²) in [5.74, 6) is 4.00. The van der Waals surface area contributed by atoms with E-state index in [0.717, 1.165) is 12.1 Å². The van der Waals surface area contributed by atoms with Gasteiger partial charge in [-0.3, -0.25) is 4.79 Å². The smallest absolute Gasteiger partial charge is 0.193 e. The van der Waals surface area contributed by atoms with Crippen LogP contribution in [0.1, 0.15) is 11.1 Å². The Morgan fingerprint density at radius 3 is 2.62 bits per heavy atom. The highest BCUT2D eigenvalue weighted by Gasteiger charge is 1.97. The molecule has 0 aliphatic heterocycles. The third-order valence-electron chi connectivity index (χ3n) is 1.30. The molecule has 0 aliphatic carbocycles. The van der Waals surface area contributed by atoms with Crippen LogP contribution in [0.4, 0.5) is 4.39 Å². The van der Waals surface area contributed by atoms with E-state index in [1.807, 2.05) is 0 Å². The number of nitrogens with zero attached hydrogens (tertiary/aromatic N) is 1. The van der Waals surface area contributed by atoms with Crippen LogP contribution in [0.15, 0.2) is 18.2 Å². The minimum Gasteiger partial charge on any atom is -0.289 e. The van der Waals surface area contributed by atoms with Crippen molar-refractivity contribution in [3.05, 3.63) is 35.1 Å². The third-order valence-corrected chi connectivity index (χ3v) is 1.30. The number of aldehydes is 1. The summed E-state index contributed by atoms with van der Waals surface area (Å²) in [6.45, 7) is 0. The van der Waals surface area contributed by atoms with Gasteiger partial charge in [0.25, 0.3) is 0 Å². The molecule has 1 rings (SSSR count). The van der Waals surface area contributed by atoms with Crippen LogP contribution in [0.5, 0.6) is 0 Å². The van der Waals surface area contributed by atoms with E-state index in [0.29, 0.717) is 11.8 Å². The van der Waals surface area contributed by atoms with Crippen molar-refractivity contribution in [2.45, 2.75) is 0 Å². The van der Waals surface area contributed by atoms with Gasteiger partial charge in [-0.15, -0.1) is 0 Å². The van der Waals surface area contributed by atoms with Crippen molar-refractivity contribution < 1.29 is 9.18 Å². The zero-order valence-electron chi connectivity index (χ0n) is 6.54. The number of benzene rings is 1. The first-order chi connectivity index (χ1) is 6.26. The van der Waals surface area contributed by atoms with Crippen LogP contribution in [0.2, 0.25) is 0 Å². The Hall–Kier alpha value is -2.13. The summed E-state index contributed by atoms with van der Waals surface area (Å²) in [4.78, 5) is 9.89. The quantitative estimate of drug-likeness (QED) is 0.437. The molecule has 0 saturated carbocycles. The highest BCUT2D eigenvalue weighted by Crippen LogP contribution is 2.06. The first kappa shape index (κ1) is 8.96. The summed E-state index contributed by atoms with van der Waals surface area (Å²) < 4.78 is 12.7. The number of hydrogen-bond donors (Lipinski definition) is 0. The molecule has 3 heteroatoms. The maximum absolute atomic E-state index is 12.7. The summed E-state index contributed by atoms with van der Waals surface area (Å²) in [5, 5.41) is 8.48. The second kappa shape index (κ2) is 4.04. The number of rotatable bonds is 0. The number of carbonyl (C=O) groups excluding carboxylic acids is 1. The van der Waals surface area contributed by atoms with Gasteiger partial charge in [0.1, 0.15) is 5.82 Å². The molecule has 2 nitrogen and oxygen atoms in total. The molecule has 0 amide bonds. The highest BCUT2D eigenvalue weighted by atomic mass is 19.1. The fraction of sp³-hybridized carbons (Fsp3) is 0. The molecular weight excluding hydrogens is 169 g/mol. The third kappa shape index (κ3) is 2.43. The van der Waals surface area contributed by atoms with E-state index in [9.17, 15) is 9.18 Å². The molecule has 0 radical (unpaired) electrons. The van der Waals surface area contributed by atoms with E-state index in [2.05, 4.69) is 11.8 Å². The standard InChI is InChI=1S/C10H4FNO/c11-10-5-8(2-1-3-13)4-9(6-10)7-12/h3-6H. The average molecular weight is 173 g/mol. The van der Waals surface area contributed by atoms with Crippen LogP contribution in [0.25, 0.3) is 0 Å². The van der Waals surface area contributed by atoms with Crippen molar-refractivity contribution >= 4 is 6.29 Å². The van der Waals surface area contributed by atoms with Crippen molar-refractivity contribution in [2.75, 3.05) is 0 Å². The topological polar surface area (TPSA) is 40.9 Å². The molecule has 0 aromatic heterocycles. The molecule has 0 atom stereocenters. The van der Waals surface area contributed by atoms with E-state index in [1.54, 1.807) is 6.07 Å². The molecule has 0 unspecified atom stereocenters. The molecule has 1 aromatic rings. The number of nitriles is 1. The second-order valence-electron chi connectivity index (χ2n) is 2.23. The van der Waals surface area contributed by atoms with Crippen LogP contribution in [0, 0.1) is 29.0 Å². The second-order valence-corrected chi connectivity index (χ2v) is 2.23. The Bertz CT molecular complexity index is 434. The van der Waals surface area contributed by atoms with Gasteiger partial charge >= 0.3 is 0 Å². The number of hydrogen-bond acceptors (Lipinski definition) is 2. The van der Waals surface area contributed by atoms with E-state index < -0.39 is 5.82 Å². The van der Waals surface area contributed by atoms with Crippen molar-refractivity contribution in [1.29, 1.82) is 5.26 Å². The van der Waals surface area contributed by atoms with Gasteiger partial charge in [0, 0.05) is 5.56 Å². The average Bonchev–Trinajstić information content (AvgIpc) is 2.14. The van der Waals surface area contributed by atoms with E-state index >= 15 is 0 Å². The maximum atomic E-state index is 12.7. The molecule has 13 heavy (non-hydrogen) atoms. The van der Waals surface area contributed by atoms with Gasteiger partial charge in [-0.1, -0.05) is 5.92 Å². The first-order valence-electron chi connectivity index (χ1n) is 3.42. The molecule has 0 N–H and O–H groups in total. The van der Waals surface area contributed by atoms with Crippen molar-refractivity contribution in [3.8, 4) is 17.9 Å². The lowest BCUT2D eigenvalue weighted by Gasteiger charge is -1.92. The fourth-order valence-corrected chi connectivity index (χ4v) is 0.839. The zero-order valence-corrected chi connectivity index (χ0v) is 6.54. The van der Waals surface area contributed by atoms with Gasteiger partial charge in [-0.05, 0) is 24.1 Å². The Kier molecular flexibility index (Phi) is 2.78. The Morgan fingerprint density at radius 2 is 2.00 bits per heavy atom. The van der Waals surface area contributed by atoms with Gasteiger partial charge in [-0.25, -0.2) is 4.39 Å². The first-order valence-corrected chi connectivity index (χ1v) is 3.42. The van der Waals surface area contributed by atoms with Crippen molar-refractivity contribution in [2.24, 2.45) is 0 Å². The molecule has 1 aromatic carbocycles. The summed E-state index contributed by atoms with van der Waals surface area (Å²) in [7, 11) is 0. The van der Waals surface area contributed by atoms with E-state index in [-0.39, 0.29) is 5.56 Å². The summed E-state index contributed by atoms with van der Waals surface area (Å²) in [5.41, 5.74) is 0.513. The van der Waals surface area contributed by atoms with E-state index in [4.69, 9.17) is 5.26 Å². The van der Waals surface area contributed by atoms with Crippen molar-refractivity contribution in [1.82, 2.24) is 0 Å². The molecule has 0 aliphatic rings. The number of carbonyl (C=O) groups is 1. The zero-order chi connectivity index (χ0) is 9.68. The lowest BCUT2D eigenvalue weighted by molar-refractivity contribution is -0.103. The normalized spacial score (nSPS) is 8.00. The minimum atomic E-state index is -0.533. The monoisotopic (exact) mass is 173 g/mol.